The molecule has 0 unspecified atom stereocenters. The Balaban J connectivity index is 1.51. The molecule has 5 nitrogen and oxygen atoms in total. The molecule has 0 radical (unpaired) electrons. The number of carboxylic acids is 1. The van der Waals surface area contributed by atoms with E-state index in [1.807, 2.05) is 20.8 Å². The van der Waals surface area contributed by atoms with Crippen LogP contribution in [0.15, 0.2) is 17.7 Å². The molecule has 0 amide bonds. The van der Waals surface area contributed by atoms with Crippen molar-refractivity contribution in [2.24, 2.45) is 33.3 Å². The molecule has 6 rings (SSSR count). The SMILES string of the molecule is Cc1c2c(cc3c1[C@H](CCN)C=C1[C@@]3(C)CC[C@@]3(C)[C@@H]4C[C@](C)(C(=O)O)CC[C@]4(C)CC[C@]13C)OC(C)(C)O2. The Kier molecular flexibility index (Phi) is 5.61. The van der Waals surface area contributed by atoms with Gasteiger partial charge in [-0.1, -0.05) is 39.3 Å². The van der Waals surface area contributed by atoms with Crippen LogP contribution in [0.2, 0.25) is 0 Å². The van der Waals surface area contributed by atoms with Crippen molar-refractivity contribution < 1.29 is 19.4 Å². The van der Waals surface area contributed by atoms with Gasteiger partial charge in [0.1, 0.15) is 0 Å². The van der Waals surface area contributed by atoms with E-state index in [2.05, 4.69) is 46.8 Å². The molecule has 3 saturated carbocycles. The normalized spacial score (nSPS) is 43.5. The number of nitrogens with two attached hydrogens (primary N) is 1. The van der Waals surface area contributed by atoms with Crippen molar-refractivity contribution in [1.82, 2.24) is 0 Å². The van der Waals surface area contributed by atoms with Gasteiger partial charge in [-0.15, -0.1) is 0 Å². The van der Waals surface area contributed by atoms with Crippen LogP contribution in [0.3, 0.4) is 0 Å². The average molecular weight is 536 g/mol. The topological polar surface area (TPSA) is 81.8 Å². The predicted molar refractivity (Wildman–Crippen MR) is 154 cm³/mol. The van der Waals surface area contributed by atoms with Crippen molar-refractivity contribution in [3.8, 4) is 11.5 Å². The number of benzene rings is 1. The summed E-state index contributed by atoms with van der Waals surface area (Å²) in [6, 6.07) is 2.30. The Hall–Kier alpha value is -2.01. The molecule has 0 aromatic heterocycles. The maximum Gasteiger partial charge on any atom is 0.309 e. The van der Waals surface area contributed by atoms with E-state index >= 15 is 0 Å². The van der Waals surface area contributed by atoms with Gasteiger partial charge in [0.05, 0.1) is 5.41 Å². The number of hydrogen-bond donors (Lipinski definition) is 2. The lowest BCUT2D eigenvalue weighted by atomic mass is 9.34. The van der Waals surface area contributed by atoms with Crippen LogP contribution < -0.4 is 15.2 Å². The quantitative estimate of drug-likeness (QED) is 0.389. The van der Waals surface area contributed by atoms with Gasteiger partial charge in [0.25, 0.3) is 0 Å². The second kappa shape index (κ2) is 8.05. The molecule has 1 aromatic rings. The summed E-state index contributed by atoms with van der Waals surface area (Å²) in [5, 5.41) is 10.2. The molecule has 5 heteroatoms. The van der Waals surface area contributed by atoms with E-state index in [1.54, 1.807) is 5.57 Å². The first-order valence-electron chi connectivity index (χ1n) is 15.3. The van der Waals surface area contributed by atoms with Gasteiger partial charge in [-0.25, -0.2) is 0 Å². The third kappa shape index (κ3) is 3.44. The van der Waals surface area contributed by atoms with E-state index in [-0.39, 0.29) is 27.6 Å². The molecule has 3 fully saturated rings. The molecule has 1 heterocycles. The maximum absolute atomic E-state index is 12.5. The third-order valence-electron chi connectivity index (χ3n) is 12.9. The Morgan fingerprint density at radius 1 is 1.00 bits per heavy atom. The minimum absolute atomic E-state index is 0.00495. The lowest BCUT2D eigenvalue weighted by Crippen LogP contribution is -2.62. The highest BCUT2D eigenvalue weighted by Gasteiger charge is 2.67. The lowest BCUT2D eigenvalue weighted by Gasteiger charge is -2.70. The number of ether oxygens (including phenoxy) is 2. The summed E-state index contributed by atoms with van der Waals surface area (Å²) in [5.74, 6) is 1.09. The van der Waals surface area contributed by atoms with Crippen LogP contribution in [0.5, 0.6) is 11.5 Å². The van der Waals surface area contributed by atoms with E-state index in [1.165, 1.54) is 16.7 Å². The standard InChI is InChI=1S/C34H49NO4/c1-20-26-21(9-16-35)17-24-32(6,22(26)18-23-27(20)39-29(2,3)38-23)13-15-34(8)25-19-31(5,28(36)37)11-10-30(25,4)12-14-33(24,34)7/h17-18,21,25H,9-16,19,35H2,1-8H3,(H,36,37)/t21-,25-,30-,31-,32+,33-,34+/m1/s1. The number of hydrogen-bond acceptors (Lipinski definition) is 4. The van der Waals surface area contributed by atoms with Gasteiger partial charge in [0.2, 0.25) is 5.79 Å². The van der Waals surface area contributed by atoms with Crippen LogP contribution in [-0.2, 0) is 10.2 Å². The van der Waals surface area contributed by atoms with Gasteiger partial charge in [-0.3, -0.25) is 4.79 Å². The highest BCUT2D eigenvalue weighted by Crippen LogP contribution is 2.75. The van der Waals surface area contributed by atoms with Crippen LogP contribution in [-0.4, -0.2) is 23.4 Å². The molecule has 1 aromatic carbocycles. The molecular formula is C34H49NO4. The van der Waals surface area contributed by atoms with E-state index in [4.69, 9.17) is 15.2 Å². The summed E-state index contributed by atoms with van der Waals surface area (Å²) >= 11 is 0. The first-order valence-corrected chi connectivity index (χ1v) is 15.3. The minimum atomic E-state index is -0.666. The van der Waals surface area contributed by atoms with Crippen molar-refractivity contribution in [3.05, 3.63) is 34.4 Å². The zero-order chi connectivity index (χ0) is 28.4. The van der Waals surface area contributed by atoms with Crippen LogP contribution >= 0.6 is 0 Å². The van der Waals surface area contributed by atoms with Crippen molar-refractivity contribution in [2.45, 2.75) is 124 Å². The first-order chi connectivity index (χ1) is 18.0. The summed E-state index contributed by atoms with van der Waals surface area (Å²) in [6.07, 6.45) is 10.6. The molecule has 39 heavy (non-hydrogen) atoms. The number of carboxylic acid groups (broad SMARTS) is 1. The fourth-order valence-electron chi connectivity index (χ4n) is 10.2. The van der Waals surface area contributed by atoms with Gasteiger partial charge in [0.15, 0.2) is 11.5 Å². The summed E-state index contributed by atoms with van der Waals surface area (Å²) in [6.45, 7) is 18.8. The van der Waals surface area contributed by atoms with Crippen LogP contribution in [0.1, 0.15) is 122 Å². The zero-order valence-electron chi connectivity index (χ0n) is 25.4. The van der Waals surface area contributed by atoms with Crippen molar-refractivity contribution in [2.75, 3.05) is 6.54 Å². The Labute approximate surface area is 234 Å². The van der Waals surface area contributed by atoms with Crippen molar-refractivity contribution in [3.63, 3.8) is 0 Å². The summed E-state index contributed by atoms with van der Waals surface area (Å²) in [4.78, 5) is 12.5. The number of carbonyl (C=O) groups is 1. The molecule has 0 bridgehead atoms. The van der Waals surface area contributed by atoms with Gasteiger partial charge < -0.3 is 20.3 Å². The molecule has 5 aliphatic rings. The van der Waals surface area contributed by atoms with Crippen molar-refractivity contribution >= 4 is 5.97 Å². The Morgan fingerprint density at radius 2 is 1.69 bits per heavy atom. The molecule has 1 aliphatic heterocycles. The summed E-state index contributed by atoms with van der Waals surface area (Å²) < 4.78 is 12.6. The molecule has 3 N–H and O–H groups in total. The van der Waals surface area contributed by atoms with Crippen LogP contribution in [0.25, 0.3) is 0 Å². The number of allylic oxidation sites excluding steroid dienone is 2. The third-order valence-corrected chi connectivity index (χ3v) is 12.9. The van der Waals surface area contributed by atoms with Crippen LogP contribution in [0.4, 0.5) is 0 Å². The molecule has 0 spiro atoms. The highest BCUT2D eigenvalue weighted by atomic mass is 16.7. The fraction of sp³-hybridized carbons (Fsp3) is 0.735. The maximum atomic E-state index is 12.5. The van der Waals surface area contributed by atoms with E-state index in [0.29, 0.717) is 12.5 Å². The smallest absolute Gasteiger partial charge is 0.309 e. The predicted octanol–water partition coefficient (Wildman–Crippen LogP) is 7.63. The molecule has 7 atom stereocenters. The number of aliphatic carboxylic acids is 1. The molecule has 214 valence electrons. The number of rotatable bonds is 3. The number of fused-ring (bicyclic) bond motifs is 8. The Morgan fingerprint density at radius 3 is 2.36 bits per heavy atom. The van der Waals surface area contributed by atoms with E-state index in [9.17, 15) is 9.90 Å². The highest BCUT2D eigenvalue weighted by molar-refractivity contribution is 5.74. The van der Waals surface area contributed by atoms with E-state index < -0.39 is 17.2 Å². The average Bonchev–Trinajstić information content (AvgIpc) is 3.18. The van der Waals surface area contributed by atoms with Gasteiger partial charge >= 0.3 is 5.97 Å². The lowest BCUT2D eigenvalue weighted by molar-refractivity contribution is -0.177. The monoisotopic (exact) mass is 535 g/mol. The fourth-order valence-corrected chi connectivity index (χ4v) is 10.2. The second-order valence-corrected chi connectivity index (χ2v) is 15.5. The molecule has 0 saturated heterocycles. The van der Waals surface area contributed by atoms with Gasteiger partial charge in [-0.05, 0) is 117 Å². The zero-order valence-corrected chi connectivity index (χ0v) is 25.4. The summed E-state index contributed by atoms with van der Waals surface area (Å²) in [5.41, 5.74) is 11.3. The second-order valence-electron chi connectivity index (χ2n) is 15.5. The minimum Gasteiger partial charge on any atom is -0.481 e. The summed E-state index contributed by atoms with van der Waals surface area (Å²) in [7, 11) is 0. The van der Waals surface area contributed by atoms with Gasteiger partial charge in [-0.2, -0.15) is 0 Å². The van der Waals surface area contributed by atoms with Crippen molar-refractivity contribution in [1.29, 1.82) is 0 Å². The van der Waals surface area contributed by atoms with Crippen LogP contribution in [0, 0.1) is 34.5 Å². The Bertz CT molecular complexity index is 1280. The molecule has 4 aliphatic carbocycles. The van der Waals surface area contributed by atoms with Gasteiger partial charge in [0, 0.05) is 25.2 Å². The first kappa shape index (κ1) is 27.2. The van der Waals surface area contributed by atoms with E-state index in [0.717, 1.165) is 62.9 Å². The largest absolute Gasteiger partial charge is 0.481 e. The molecular weight excluding hydrogens is 486 g/mol.